The van der Waals surface area contributed by atoms with Crippen molar-refractivity contribution >= 4 is 23.7 Å². The van der Waals surface area contributed by atoms with Gasteiger partial charge >= 0.3 is 17.9 Å². The van der Waals surface area contributed by atoms with E-state index in [0.29, 0.717) is 19.3 Å². The molecule has 5 rings (SSSR count). The number of Topliss-reactive ketones (excluding diaryl/α,β-unsaturated/α-hetero) is 1. The Bertz CT molecular complexity index is 1260. The van der Waals surface area contributed by atoms with Crippen LogP contribution in [0.3, 0.4) is 0 Å². The number of cyclic esters (lactones) is 1. The molecule has 2 bridgehead atoms. The number of aliphatic hydroxyl groups is 1. The number of ether oxygens (including phenoxy) is 3. The van der Waals surface area contributed by atoms with E-state index in [1.54, 1.807) is 19.5 Å². The van der Waals surface area contributed by atoms with E-state index in [0.717, 1.165) is 11.1 Å². The lowest BCUT2D eigenvalue weighted by atomic mass is 9.40. The van der Waals surface area contributed by atoms with Crippen LogP contribution in [0.2, 0.25) is 0 Å². The lowest BCUT2D eigenvalue weighted by Crippen LogP contribution is -2.69. The van der Waals surface area contributed by atoms with Crippen LogP contribution in [0.1, 0.15) is 78.9 Å². The van der Waals surface area contributed by atoms with E-state index in [1.807, 2.05) is 39.8 Å². The first-order chi connectivity index (χ1) is 19.2. The number of hydrogen-bond acceptors (Lipinski definition) is 9. The number of carbonyl (C=O) groups excluding carboxylic acids is 4. The van der Waals surface area contributed by atoms with Gasteiger partial charge in [-0.05, 0) is 37.2 Å². The van der Waals surface area contributed by atoms with Gasteiger partial charge in [0.15, 0.2) is 6.10 Å². The highest BCUT2D eigenvalue weighted by Gasteiger charge is 2.70. The fourth-order valence-electron chi connectivity index (χ4n) is 8.76. The zero-order valence-corrected chi connectivity index (χ0v) is 25.0. The minimum absolute atomic E-state index is 0.148. The number of aliphatic hydroxyl groups excluding tert-OH is 1. The van der Waals surface area contributed by atoms with E-state index in [4.69, 9.17) is 18.6 Å². The zero-order valence-electron chi connectivity index (χ0n) is 25.0. The summed E-state index contributed by atoms with van der Waals surface area (Å²) >= 11 is 0. The van der Waals surface area contributed by atoms with Crippen molar-refractivity contribution in [2.45, 2.75) is 85.5 Å². The van der Waals surface area contributed by atoms with Crippen molar-refractivity contribution in [3.05, 3.63) is 35.8 Å². The first-order valence-electron chi connectivity index (χ1n) is 14.7. The molecule has 41 heavy (non-hydrogen) atoms. The molecular formula is C32H42O9. The smallest absolute Gasteiger partial charge is 0.335 e. The van der Waals surface area contributed by atoms with Crippen molar-refractivity contribution in [1.82, 2.24) is 0 Å². The number of esters is 3. The molecule has 4 aliphatic rings. The normalized spacial score (nSPS) is 38.9. The molecule has 0 spiro atoms. The number of allylic oxidation sites excluding steroid dienone is 1. The summed E-state index contributed by atoms with van der Waals surface area (Å²) < 4.78 is 22.3. The van der Waals surface area contributed by atoms with Gasteiger partial charge in [0.2, 0.25) is 0 Å². The fourth-order valence-corrected chi connectivity index (χ4v) is 8.76. The van der Waals surface area contributed by atoms with Crippen molar-refractivity contribution in [2.75, 3.05) is 7.11 Å². The lowest BCUT2D eigenvalue weighted by Gasteiger charge is -2.64. The summed E-state index contributed by atoms with van der Waals surface area (Å²) in [6.45, 7) is 11.3. The molecule has 9 nitrogen and oxygen atoms in total. The van der Waals surface area contributed by atoms with Gasteiger partial charge < -0.3 is 23.7 Å². The first kappa shape index (κ1) is 29.5. The quantitative estimate of drug-likeness (QED) is 0.297. The number of fused-ring (bicyclic) bond motifs is 6. The molecule has 0 aromatic carbocycles. The molecule has 1 saturated heterocycles. The Morgan fingerprint density at radius 2 is 1.85 bits per heavy atom. The van der Waals surface area contributed by atoms with E-state index >= 15 is 0 Å². The summed E-state index contributed by atoms with van der Waals surface area (Å²) in [5, 5.41) is 11.5. The predicted octanol–water partition coefficient (Wildman–Crippen LogP) is 4.58. The van der Waals surface area contributed by atoms with Crippen LogP contribution in [0, 0.1) is 45.8 Å². The van der Waals surface area contributed by atoms with Crippen molar-refractivity contribution in [3.8, 4) is 0 Å². The Kier molecular flexibility index (Phi) is 7.28. The number of rotatable bonds is 6. The van der Waals surface area contributed by atoms with Crippen molar-refractivity contribution in [1.29, 1.82) is 0 Å². The second-order valence-corrected chi connectivity index (χ2v) is 13.6. The molecule has 3 aliphatic carbocycles. The molecular weight excluding hydrogens is 528 g/mol. The molecule has 1 aliphatic heterocycles. The van der Waals surface area contributed by atoms with E-state index in [9.17, 15) is 24.3 Å². The predicted molar refractivity (Wildman–Crippen MR) is 146 cm³/mol. The van der Waals surface area contributed by atoms with Gasteiger partial charge in [0.05, 0.1) is 37.9 Å². The third-order valence-electron chi connectivity index (χ3n) is 11.1. The van der Waals surface area contributed by atoms with E-state index < -0.39 is 58.3 Å². The SMILES string of the molecule is CCC(C)C(=O)O[C@@H]1[C@@H]2C=C3[C@@H]4CC(=O)O[C@@H](c5ccoc5)[C@]4(C)CC[C@@H]3[C@@](C)(C2=O)[C@@H]([C@@H](O)C(=O)OC)C1(C)C. The molecule has 9 heteroatoms. The van der Waals surface area contributed by atoms with Gasteiger partial charge in [-0.3, -0.25) is 14.4 Å². The Labute approximate surface area is 241 Å². The minimum Gasteiger partial charge on any atom is -0.472 e. The van der Waals surface area contributed by atoms with Crippen molar-refractivity contribution < 1.29 is 42.9 Å². The van der Waals surface area contributed by atoms with Crippen LogP contribution < -0.4 is 0 Å². The van der Waals surface area contributed by atoms with E-state index in [2.05, 4.69) is 6.92 Å². The molecule has 2 heterocycles. The highest BCUT2D eigenvalue weighted by Crippen LogP contribution is 2.68. The van der Waals surface area contributed by atoms with Gasteiger partial charge in [0.25, 0.3) is 0 Å². The molecule has 3 fully saturated rings. The van der Waals surface area contributed by atoms with Gasteiger partial charge in [-0.2, -0.15) is 0 Å². The number of hydrogen-bond donors (Lipinski definition) is 1. The number of methoxy groups -OCH3 is 1. The molecule has 1 N–H and O–H groups in total. The zero-order chi connectivity index (χ0) is 30.1. The molecule has 1 aromatic rings. The standard InChI is InChI=1S/C32H42O9/c1-8-16(2)28(36)41-27-19-13-18-20(32(6,25(19)35)24(30(27,3)4)23(34)29(37)38-7)9-11-31(5)21(18)14-22(33)40-26(31)17-10-12-39-15-17/h10,12-13,15-16,19-21,23-24,26-27,34H,8-9,11,14H2,1-7H3/t16?,19-,20+,21+,23-,24+,26+,27-,31-,32-/m1/s1. The van der Waals surface area contributed by atoms with Gasteiger partial charge in [0.1, 0.15) is 18.0 Å². The van der Waals surface area contributed by atoms with Gasteiger partial charge in [-0.15, -0.1) is 0 Å². The summed E-state index contributed by atoms with van der Waals surface area (Å²) in [6.07, 6.45) is 4.01. The van der Waals surface area contributed by atoms with Gasteiger partial charge in [0, 0.05) is 27.7 Å². The molecule has 1 aromatic heterocycles. The maximum Gasteiger partial charge on any atom is 0.335 e. The second kappa shape index (κ2) is 10.1. The summed E-state index contributed by atoms with van der Waals surface area (Å²) in [7, 11) is 1.21. The Morgan fingerprint density at radius 1 is 1.15 bits per heavy atom. The monoisotopic (exact) mass is 570 g/mol. The average molecular weight is 571 g/mol. The molecule has 0 radical (unpaired) electrons. The van der Waals surface area contributed by atoms with Crippen molar-refractivity contribution in [2.24, 2.45) is 45.8 Å². The molecule has 224 valence electrons. The number of furan rings is 1. The van der Waals surface area contributed by atoms with Crippen LogP contribution in [0.5, 0.6) is 0 Å². The maximum atomic E-state index is 14.5. The van der Waals surface area contributed by atoms with Gasteiger partial charge in [-0.1, -0.05) is 53.2 Å². The van der Waals surface area contributed by atoms with Crippen LogP contribution >= 0.6 is 0 Å². The minimum atomic E-state index is -1.61. The summed E-state index contributed by atoms with van der Waals surface area (Å²) in [4.78, 5) is 53.5. The largest absolute Gasteiger partial charge is 0.472 e. The lowest BCUT2D eigenvalue weighted by molar-refractivity contribution is -0.211. The van der Waals surface area contributed by atoms with Crippen LogP contribution in [0.15, 0.2) is 34.7 Å². The average Bonchev–Trinajstić information content (AvgIpc) is 3.46. The van der Waals surface area contributed by atoms with E-state index in [-0.39, 0.29) is 35.9 Å². The number of carbonyl (C=O) groups is 4. The Balaban J connectivity index is 1.68. The third kappa shape index (κ3) is 4.21. The van der Waals surface area contributed by atoms with Crippen molar-refractivity contribution in [3.63, 3.8) is 0 Å². The van der Waals surface area contributed by atoms with Crippen LogP contribution in [-0.4, -0.2) is 48.1 Å². The Morgan fingerprint density at radius 3 is 2.46 bits per heavy atom. The Hall–Kier alpha value is -2.94. The van der Waals surface area contributed by atoms with Gasteiger partial charge in [-0.25, -0.2) is 4.79 Å². The fraction of sp³-hybridized carbons (Fsp3) is 0.688. The second-order valence-electron chi connectivity index (χ2n) is 13.6. The summed E-state index contributed by atoms with van der Waals surface area (Å²) in [5.74, 6) is -4.40. The van der Waals surface area contributed by atoms with Crippen LogP contribution in [0.25, 0.3) is 0 Å². The van der Waals surface area contributed by atoms with Crippen LogP contribution in [0.4, 0.5) is 0 Å². The third-order valence-corrected chi connectivity index (χ3v) is 11.1. The molecule has 1 unspecified atom stereocenters. The maximum absolute atomic E-state index is 14.5. The van der Waals surface area contributed by atoms with E-state index in [1.165, 1.54) is 7.11 Å². The summed E-state index contributed by atoms with van der Waals surface area (Å²) in [5.41, 5.74) is -0.877. The molecule has 2 saturated carbocycles. The first-order valence-corrected chi connectivity index (χ1v) is 14.7. The summed E-state index contributed by atoms with van der Waals surface area (Å²) in [6, 6.07) is 1.81. The highest BCUT2D eigenvalue weighted by atomic mass is 16.6. The molecule has 10 atom stereocenters. The topological polar surface area (TPSA) is 129 Å². The number of ketones is 1. The van der Waals surface area contributed by atoms with Crippen LogP contribution in [-0.2, 0) is 33.4 Å². The molecule has 0 amide bonds. The highest BCUT2D eigenvalue weighted by molar-refractivity contribution is 5.94.